The Hall–Kier alpha value is -2.39. The van der Waals surface area contributed by atoms with Gasteiger partial charge in [0.2, 0.25) is 15.9 Å². The van der Waals surface area contributed by atoms with Gasteiger partial charge in [-0.1, -0.05) is 12.1 Å². The minimum absolute atomic E-state index is 0.142. The zero-order chi connectivity index (χ0) is 19.1. The highest BCUT2D eigenvalue weighted by atomic mass is 32.2. The lowest BCUT2D eigenvalue weighted by molar-refractivity contribution is -0.123. The molecule has 1 aromatic heterocycles. The van der Waals surface area contributed by atoms with E-state index in [-0.39, 0.29) is 23.9 Å². The highest BCUT2D eigenvalue weighted by Crippen LogP contribution is 2.32. The van der Waals surface area contributed by atoms with Gasteiger partial charge in [-0.2, -0.15) is 9.40 Å². The van der Waals surface area contributed by atoms with E-state index < -0.39 is 16.1 Å². The topological polar surface area (TPSA) is 95.6 Å². The average Bonchev–Trinajstić information content (AvgIpc) is 2.96. The lowest BCUT2D eigenvalue weighted by Gasteiger charge is -2.38. The number of benzene rings is 1. The van der Waals surface area contributed by atoms with Crippen molar-refractivity contribution in [2.24, 2.45) is 0 Å². The maximum absolute atomic E-state index is 13.1. The van der Waals surface area contributed by atoms with Crippen LogP contribution in [0.15, 0.2) is 29.2 Å². The van der Waals surface area contributed by atoms with Crippen molar-refractivity contribution in [2.75, 3.05) is 25.1 Å². The monoisotopic (exact) mass is 378 g/mol. The van der Waals surface area contributed by atoms with E-state index in [9.17, 15) is 13.2 Å². The van der Waals surface area contributed by atoms with Crippen LogP contribution in [0, 0.1) is 13.8 Å². The number of amides is 1. The van der Waals surface area contributed by atoms with E-state index >= 15 is 0 Å². The largest absolute Gasteiger partial charge is 0.495 e. The summed E-state index contributed by atoms with van der Waals surface area (Å²) in [7, 11) is -2.28. The number of piperazine rings is 1. The van der Waals surface area contributed by atoms with Crippen LogP contribution in [0.2, 0.25) is 0 Å². The minimum atomic E-state index is -3.82. The Labute approximate surface area is 152 Å². The van der Waals surface area contributed by atoms with Crippen LogP contribution in [0.4, 0.5) is 5.69 Å². The van der Waals surface area contributed by atoms with Crippen LogP contribution in [0.25, 0.3) is 0 Å². The maximum Gasteiger partial charge on any atom is 0.247 e. The second-order valence-electron chi connectivity index (χ2n) is 6.22. The normalized spacial score (nSPS) is 19.0. The van der Waals surface area contributed by atoms with E-state index in [0.717, 1.165) is 0 Å². The van der Waals surface area contributed by atoms with Gasteiger partial charge in [-0.05, 0) is 32.9 Å². The molecular formula is C17H22N4O4S. The molecule has 3 rings (SSSR count). The van der Waals surface area contributed by atoms with Crippen molar-refractivity contribution in [2.45, 2.75) is 31.7 Å². The van der Waals surface area contributed by atoms with Crippen LogP contribution >= 0.6 is 0 Å². The number of anilines is 1. The number of nitrogens with zero attached hydrogens (tertiary/aromatic N) is 3. The molecule has 1 aliphatic rings. The molecule has 0 radical (unpaired) electrons. The van der Waals surface area contributed by atoms with Crippen molar-refractivity contribution in [3.05, 3.63) is 35.7 Å². The number of hydrogen-bond acceptors (Lipinski definition) is 5. The fourth-order valence-corrected chi connectivity index (χ4v) is 5.22. The number of carbonyl (C=O) groups excluding carboxylic acids is 1. The standard InChI is InChI=1S/C17H22N4O4S/c1-11-16(12(2)19-18-11)26(23,24)21-10-9-20(17(22)13(21)3)14-7-5-6-8-15(14)25-4/h5-8,13H,9-10H2,1-4H3,(H,18,19). The molecule has 9 heteroatoms. The Kier molecular flexibility index (Phi) is 4.76. The summed E-state index contributed by atoms with van der Waals surface area (Å²) in [6.45, 7) is 5.33. The third-order valence-electron chi connectivity index (χ3n) is 4.60. The zero-order valence-corrected chi connectivity index (χ0v) is 16.0. The molecule has 1 unspecified atom stereocenters. The Balaban J connectivity index is 1.93. The molecule has 1 aromatic carbocycles. The van der Waals surface area contributed by atoms with Crippen molar-refractivity contribution in [1.82, 2.24) is 14.5 Å². The number of carbonyl (C=O) groups is 1. The first-order valence-corrected chi connectivity index (χ1v) is 9.71. The van der Waals surface area contributed by atoms with Gasteiger partial charge in [0.05, 0.1) is 24.2 Å². The number of H-pyrrole nitrogens is 1. The molecule has 2 heterocycles. The molecule has 140 valence electrons. The number of methoxy groups -OCH3 is 1. The van der Waals surface area contributed by atoms with Gasteiger partial charge in [0.15, 0.2) is 0 Å². The van der Waals surface area contributed by atoms with Crippen LogP contribution in [0.5, 0.6) is 5.75 Å². The summed E-state index contributed by atoms with van der Waals surface area (Å²) in [5, 5.41) is 6.65. The summed E-state index contributed by atoms with van der Waals surface area (Å²) in [6, 6.07) is 6.37. The van der Waals surface area contributed by atoms with Crippen molar-refractivity contribution >= 4 is 21.6 Å². The molecule has 2 aromatic rings. The Morgan fingerprint density at radius 3 is 2.54 bits per heavy atom. The highest BCUT2D eigenvalue weighted by Gasteiger charge is 2.41. The summed E-state index contributed by atoms with van der Waals surface area (Å²) in [5.74, 6) is 0.286. The van der Waals surface area contributed by atoms with Gasteiger partial charge >= 0.3 is 0 Å². The molecule has 1 saturated heterocycles. The van der Waals surface area contributed by atoms with E-state index in [1.807, 2.05) is 12.1 Å². The van der Waals surface area contributed by atoms with Gasteiger partial charge in [-0.3, -0.25) is 9.89 Å². The number of aryl methyl sites for hydroxylation is 2. The molecule has 26 heavy (non-hydrogen) atoms. The molecule has 0 spiro atoms. The van der Waals surface area contributed by atoms with Gasteiger partial charge in [-0.15, -0.1) is 0 Å². The van der Waals surface area contributed by atoms with E-state index in [4.69, 9.17) is 4.74 Å². The van der Waals surface area contributed by atoms with Crippen LogP contribution < -0.4 is 9.64 Å². The smallest absolute Gasteiger partial charge is 0.247 e. The molecular weight excluding hydrogens is 356 g/mol. The highest BCUT2D eigenvalue weighted by molar-refractivity contribution is 7.89. The average molecular weight is 378 g/mol. The van der Waals surface area contributed by atoms with Crippen molar-refractivity contribution < 1.29 is 17.9 Å². The Morgan fingerprint density at radius 2 is 1.92 bits per heavy atom. The summed E-state index contributed by atoms with van der Waals surface area (Å²) in [6.07, 6.45) is 0. The molecule has 0 saturated carbocycles. The Morgan fingerprint density at radius 1 is 1.23 bits per heavy atom. The first-order chi connectivity index (χ1) is 12.3. The molecule has 8 nitrogen and oxygen atoms in total. The van der Waals surface area contributed by atoms with Crippen molar-refractivity contribution in [3.8, 4) is 5.75 Å². The second-order valence-corrected chi connectivity index (χ2v) is 8.04. The van der Waals surface area contributed by atoms with Gasteiger partial charge in [0, 0.05) is 13.1 Å². The van der Waals surface area contributed by atoms with E-state index in [1.54, 1.807) is 37.8 Å². The van der Waals surface area contributed by atoms with Crippen LogP contribution in [-0.2, 0) is 14.8 Å². The lowest BCUT2D eigenvalue weighted by Crippen LogP contribution is -2.57. The Bertz CT molecular complexity index is 918. The molecule has 1 aliphatic heterocycles. The molecule has 1 N–H and O–H groups in total. The summed E-state index contributed by atoms with van der Waals surface area (Å²) in [5.41, 5.74) is 1.50. The van der Waals surface area contributed by atoms with Crippen LogP contribution in [0.3, 0.4) is 0 Å². The molecule has 0 aliphatic carbocycles. The van der Waals surface area contributed by atoms with E-state index in [0.29, 0.717) is 22.8 Å². The number of hydrogen-bond donors (Lipinski definition) is 1. The summed E-state index contributed by atoms with van der Waals surface area (Å²) < 4.78 is 32.7. The summed E-state index contributed by atoms with van der Waals surface area (Å²) in [4.78, 5) is 14.6. The van der Waals surface area contributed by atoms with Gasteiger partial charge in [0.1, 0.15) is 16.7 Å². The van der Waals surface area contributed by atoms with Gasteiger partial charge < -0.3 is 9.64 Å². The quantitative estimate of drug-likeness (QED) is 0.869. The SMILES string of the molecule is COc1ccccc1N1CCN(S(=O)(=O)c2c(C)n[nH]c2C)C(C)C1=O. The second kappa shape index (κ2) is 6.73. The minimum Gasteiger partial charge on any atom is -0.495 e. The van der Waals surface area contributed by atoms with E-state index in [2.05, 4.69) is 10.2 Å². The van der Waals surface area contributed by atoms with Crippen LogP contribution in [0.1, 0.15) is 18.3 Å². The summed E-state index contributed by atoms with van der Waals surface area (Å²) >= 11 is 0. The predicted molar refractivity (Wildman–Crippen MR) is 96.8 cm³/mol. The zero-order valence-electron chi connectivity index (χ0n) is 15.2. The predicted octanol–water partition coefficient (Wildman–Crippen LogP) is 1.46. The number of ether oxygens (including phenoxy) is 1. The van der Waals surface area contributed by atoms with Crippen molar-refractivity contribution in [1.29, 1.82) is 0 Å². The van der Waals surface area contributed by atoms with Crippen molar-refractivity contribution in [3.63, 3.8) is 0 Å². The number of sulfonamides is 1. The number of aromatic nitrogens is 2. The van der Waals surface area contributed by atoms with Gasteiger partial charge in [-0.25, -0.2) is 8.42 Å². The van der Waals surface area contributed by atoms with Crippen LogP contribution in [-0.4, -0.2) is 55.1 Å². The molecule has 1 amide bonds. The molecule has 1 fully saturated rings. The fraction of sp³-hybridized carbons (Fsp3) is 0.412. The maximum atomic E-state index is 13.1. The molecule has 0 bridgehead atoms. The number of rotatable bonds is 4. The van der Waals surface area contributed by atoms with Gasteiger partial charge in [0.25, 0.3) is 0 Å². The molecule has 1 atom stereocenters. The number of para-hydroxylation sites is 2. The first-order valence-electron chi connectivity index (χ1n) is 8.26. The lowest BCUT2D eigenvalue weighted by atomic mass is 10.2. The number of aromatic amines is 1. The fourth-order valence-electron chi connectivity index (χ4n) is 3.31. The van der Waals surface area contributed by atoms with E-state index in [1.165, 1.54) is 11.4 Å². The number of nitrogens with one attached hydrogen (secondary N) is 1. The first kappa shape index (κ1) is 18.4. The third kappa shape index (κ3) is 2.86. The third-order valence-corrected chi connectivity index (χ3v) is 6.84.